The Kier molecular flexibility index (Phi) is 6.33. The lowest BCUT2D eigenvalue weighted by atomic mass is 9.84. The number of aromatic nitrogens is 5. The minimum Gasteiger partial charge on any atom is -0.382 e. The van der Waals surface area contributed by atoms with Crippen LogP contribution in [-0.2, 0) is 0 Å². The fraction of sp³-hybridized carbons (Fsp3) is 0.400. The van der Waals surface area contributed by atoms with Gasteiger partial charge < -0.3 is 5.11 Å². The van der Waals surface area contributed by atoms with Crippen molar-refractivity contribution < 1.29 is 18.3 Å². The van der Waals surface area contributed by atoms with E-state index in [0.29, 0.717) is 12.2 Å². The Balaban J connectivity index is 1.28. The van der Waals surface area contributed by atoms with Crippen LogP contribution in [0.2, 0.25) is 0 Å². The van der Waals surface area contributed by atoms with Crippen molar-refractivity contribution in [1.82, 2.24) is 30.1 Å². The van der Waals surface area contributed by atoms with Gasteiger partial charge >= 0.3 is 6.18 Å². The highest BCUT2D eigenvalue weighted by Crippen LogP contribution is 2.34. The molecule has 0 aliphatic carbocycles. The van der Waals surface area contributed by atoms with E-state index in [0.717, 1.165) is 47.1 Å². The molecule has 1 aliphatic rings. The topological polar surface area (TPSA) is 82.9 Å². The molecule has 10 heteroatoms. The summed E-state index contributed by atoms with van der Waals surface area (Å²) >= 11 is 0. The zero-order chi connectivity index (χ0) is 24.6. The van der Waals surface area contributed by atoms with Crippen LogP contribution in [0, 0.1) is 0 Å². The number of nitrogens with zero attached hydrogens (tertiary/aromatic N) is 5. The number of hydrogen-bond donors (Lipinski definition) is 2. The highest BCUT2D eigenvalue weighted by molar-refractivity contribution is 5.91. The van der Waals surface area contributed by atoms with Crippen LogP contribution in [0.15, 0.2) is 54.7 Å². The first-order chi connectivity index (χ1) is 16.8. The number of hydrogen-bond acceptors (Lipinski definition) is 5. The number of halogens is 3. The number of benzene rings is 2. The predicted octanol–water partition coefficient (Wildman–Crippen LogP) is 4.69. The van der Waals surface area contributed by atoms with Crippen LogP contribution in [0.4, 0.5) is 13.2 Å². The quantitative estimate of drug-likeness (QED) is 0.415. The van der Waals surface area contributed by atoms with Crippen molar-refractivity contribution in [1.29, 1.82) is 0 Å². The van der Waals surface area contributed by atoms with Gasteiger partial charge in [0.25, 0.3) is 0 Å². The Labute approximate surface area is 200 Å². The molecule has 2 N–H and O–H groups in total. The number of alkyl halides is 3. The normalized spacial score (nSPS) is 20.4. The lowest BCUT2D eigenvalue weighted by Crippen LogP contribution is -2.48. The van der Waals surface area contributed by atoms with Crippen molar-refractivity contribution in [2.45, 2.75) is 50.4 Å². The van der Waals surface area contributed by atoms with Crippen molar-refractivity contribution in [3.63, 3.8) is 0 Å². The molecule has 184 valence electrons. The second kappa shape index (κ2) is 9.43. The van der Waals surface area contributed by atoms with Crippen LogP contribution in [0.25, 0.3) is 28.0 Å². The average molecular weight is 485 g/mol. The Morgan fingerprint density at radius 1 is 1.14 bits per heavy atom. The van der Waals surface area contributed by atoms with Crippen molar-refractivity contribution in [3.8, 4) is 17.1 Å². The summed E-state index contributed by atoms with van der Waals surface area (Å²) in [5.41, 5.74) is 4.37. The number of likely N-dealkylation sites (tertiary alicyclic amines) is 1. The number of piperidine rings is 1. The van der Waals surface area contributed by atoms with Crippen molar-refractivity contribution in [2.75, 3.05) is 13.1 Å². The number of fused-ring (bicyclic) bond motifs is 1. The summed E-state index contributed by atoms with van der Waals surface area (Å²) in [5, 5.41) is 26.4. The van der Waals surface area contributed by atoms with Gasteiger partial charge in [-0.1, -0.05) is 42.5 Å². The number of aliphatic hydroxyl groups is 1. The minimum atomic E-state index is -4.59. The summed E-state index contributed by atoms with van der Waals surface area (Å²) in [7, 11) is 0. The maximum Gasteiger partial charge on any atom is 0.415 e. The molecule has 35 heavy (non-hydrogen) atoms. The van der Waals surface area contributed by atoms with E-state index < -0.39 is 12.3 Å². The molecule has 1 aliphatic heterocycles. The maximum absolute atomic E-state index is 12.8. The third-order valence-electron chi connectivity index (χ3n) is 6.93. The molecular formula is C25H27F3N6O. The molecule has 0 bridgehead atoms. The molecule has 5 rings (SSSR count). The Bertz CT molecular complexity index is 1280. The maximum atomic E-state index is 12.8. The second-order valence-electron chi connectivity index (χ2n) is 9.09. The van der Waals surface area contributed by atoms with Gasteiger partial charge in [-0.25, -0.2) is 4.68 Å². The molecule has 0 radical (unpaired) electrons. The number of aliphatic hydroxyl groups excluding tert-OH is 1. The third kappa shape index (κ3) is 4.81. The van der Waals surface area contributed by atoms with E-state index in [1.807, 2.05) is 49.5 Å². The van der Waals surface area contributed by atoms with E-state index in [9.17, 15) is 18.3 Å². The van der Waals surface area contributed by atoms with Gasteiger partial charge in [0, 0.05) is 18.0 Å². The lowest BCUT2D eigenvalue weighted by molar-refractivity contribution is -0.210. The smallest absolute Gasteiger partial charge is 0.382 e. The van der Waals surface area contributed by atoms with Crippen LogP contribution in [0.5, 0.6) is 0 Å². The van der Waals surface area contributed by atoms with E-state index in [-0.39, 0.29) is 18.5 Å². The van der Waals surface area contributed by atoms with Gasteiger partial charge in [-0.3, -0.25) is 10.00 Å². The van der Waals surface area contributed by atoms with E-state index in [1.54, 1.807) is 9.58 Å². The molecule has 2 aromatic heterocycles. The zero-order valence-electron chi connectivity index (χ0n) is 19.3. The fourth-order valence-corrected chi connectivity index (χ4v) is 4.95. The summed E-state index contributed by atoms with van der Waals surface area (Å²) in [4.78, 5) is 1.78. The number of β-amino-alcohol motifs (C(OH)–C–C–N with tert-alkyl or cyclic N) is 1. The summed E-state index contributed by atoms with van der Waals surface area (Å²) < 4.78 is 40.1. The van der Waals surface area contributed by atoms with Gasteiger partial charge in [0.15, 0.2) is 6.10 Å². The van der Waals surface area contributed by atoms with E-state index in [2.05, 4.69) is 32.6 Å². The molecule has 4 aromatic rings. The second-order valence-corrected chi connectivity index (χ2v) is 9.09. The highest BCUT2D eigenvalue weighted by atomic mass is 19.4. The Morgan fingerprint density at radius 2 is 1.91 bits per heavy atom. The summed E-state index contributed by atoms with van der Waals surface area (Å²) in [6, 6.07) is 15.9. The molecule has 0 spiro atoms. The molecule has 3 atom stereocenters. The van der Waals surface area contributed by atoms with Gasteiger partial charge in [0.2, 0.25) is 0 Å². The zero-order valence-corrected chi connectivity index (χ0v) is 19.3. The average Bonchev–Trinajstić information content (AvgIpc) is 3.51. The molecule has 1 saturated heterocycles. The molecule has 0 amide bonds. The summed E-state index contributed by atoms with van der Waals surface area (Å²) in [6.45, 7) is 2.14. The molecule has 1 unspecified atom stereocenters. The first kappa shape index (κ1) is 23.5. The first-order valence-electron chi connectivity index (χ1n) is 11.8. The predicted molar refractivity (Wildman–Crippen MR) is 126 cm³/mol. The van der Waals surface area contributed by atoms with Crippen molar-refractivity contribution in [3.05, 3.63) is 60.3 Å². The SMILES string of the molecule is CC[C@H]1C[C@H](c2ccc(-n3cc(-c4n[nH]c5ccccc45)nn3)cc2)CCN1CC(O)C(F)(F)F. The molecule has 7 nitrogen and oxygen atoms in total. The van der Waals surface area contributed by atoms with Crippen LogP contribution in [-0.4, -0.2) is 66.6 Å². The number of nitrogens with one attached hydrogen (secondary N) is 1. The van der Waals surface area contributed by atoms with E-state index in [4.69, 9.17) is 0 Å². The molecule has 1 fully saturated rings. The van der Waals surface area contributed by atoms with Gasteiger partial charge in [0.05, 0.1) is 17.4 Å². The number of H-pyrrole nitrogens is 1. The molecular weight excluding hydrogens is 457 g/mol. The van der Waals surface area contributed by atoms with Crippen molar-refractivity contribution in [2.24, 2.45) is 0 Å². The van der Waals surface area contributed by atoms with Crippen LogP contribution < -0.4 is 0 Å². The van der Waals surface area contributed by atoms with Gasteiger partial charge in [-0.05, 0) is 55.5 Å². The number of rotatable bonds is 6. The van der Waals surface area contributed by atoms with Crippen molar-refractivity contribution >= 4 is 10.9 Å². The largest absolute Gasteiger partial charge is 0.415 e. The molecule has 3 heterocycles. The lowest BCUT2D eigenvalue weighted by Gasteiger charge is -2.40. The summed E-state index contributed by atoms with van der Waals surface area (Å²) in [6.07, 6.45) is -2.80. The van der Waals surface area contributed by atoms with E-state index in [1.165, 1.54) is 0 Å². The molecule has 0 saturated carbocycles. The van der Waals surface area contributed by atoms with Crippen LogP contribution >= 0.6 is 0 Å². The third-order valence-corrected chi connectivity index (χ3v) is 6.93. The Hall–Kier alpha value is -3.24. The molecule has 2 aromatic carbocycles. The van der Waals surface area contributed by atoms with Gasteiger partial charge in [-0.2, -0.15) is 18.3 Å². The van der Waals surface area contributed by atoms with Crippen LogP contribution in [0.1, 0.15) is 37.7 Å². The minimum absolute atomic E-state index is 0.00646. The summed E-state index contributed by atoms with van der Waals surface area (Å²) in [5.74, 6) is 0.259. The Morgan fingerprint density at radius 3 is 2.66 bits per heavy atom. The first-order valence-corrected chi connectivity index (χ1v) is 11.8. The van der Waals surface area contributed by atoms with Crippen LogP contribution in [0.3, 0.4) is 0 Å². The van der Waals surface area contributed by atoms with Gasteiger partial charge in [0.1, 0.15) is 11.4 Å². The van der Waals surface area contributed by atoms with E-state index >= 15 is 0 Å². The monoisotopic (exact) mass is 484 g/mol. The van der Waals surface area contributed by atoms with Gasteiger partial charge in [-0.15, -0.1) is 5.10 Å². The highest BCUT2D eigenvalue weighted by Gasteiger charge is 2.41. The fourth-order valence-electron chi connectivity index (χ4n) is 4.95. The number of para-hydroxylation sites is 1. The standard InChI is InChI=1S/C25H27F3N6O/c1-2-18-13-17(11-12-33(18)15-23(35)25(26,27)28)16-7-9-19(10-8-16)34-14-22(30-32-34)24-20-5-3-4-6-21(20)29-31-24/h3-10,14,17-18,23,35H,2,11-13,15H2,1H3,(H,29,31)/t17-,18+,23?/m1/s1. The number of aromatic amines is 1.